The lowest BCUT2D eigenvalue weighted by molar-refractivity contribution is 0.0941. The fourth-order valence-electron chi connectivity index (χ4n) is 3.26. The maximum Gasteiger partial charge on any atom is 0.251 e. The highest BCUT2D eigenvalue weighted by atomic mass is 16.1. The summed E-state index contributed by atoms with van der Waals surface area (Å²) in [5.41, 5.74) is 2.50. The molecule has 1 aliphatic carbocycles. The van der Waals surface area contributed by atoms with Crippen molar-refractivity contribution in [1.29, 1.82) is 0 Å². The average Bonchev–Trinajstić information content (AvgIpc) is 3.00. The molecule has 2 N–H and O–H groups in total. The molecule has 0 radical (unpaired) electrons. The van der Waals surface area contributed by atoms with E-state index in [0.29, 0.717) is 11.5 Å². The van der Waals surface area contributed by atoms with Crippen molar-refractivity contribution >= 4 is 16.9 Å². The quantitative estimate of drug-likeness (QED) is 0.903. The molecule has 1 saturated carbocycles. The number of fused-ring (bicyclic) bond motifs is 1. The van der Waals surface area contributed by atoms with Crippen LogP contribution in [0.15, 0.2) is 24.5 Å². The molecule has 4 heteroatoms. The highest BCUT2D eigenvalue weighted by Gasteiger charge is 2.20. The summed E-state index contributed by atoms with van der Waals surface area (Å²) in [5.74, 6) is 1.57. The third-order valence-electron chi connectivity index (χ3n) is 4.78. The summed E-state index contributed by atoms with van der Waals surface area (Å²) in [5, 5.41) is 3.09. The standard InChI is InChI=1S/C17H23N3O/c1-2-12-3-5-13(6-4-12)10-18-17(21)14-7-8-15-16(9-14)20-11-19-15/h7-9,11-13H,2-6,10H2,1H3,(H,18,21)(H,19,20). The molecule has 21 heavy (non-hydrogen) atoms. The summed E-state index contributed by atoms with van der Waals surface area (Å²) >= 11 is 0. The van der Waals surface area contributed by atoms with Gasteiger partial charge in [-0.25, -0.2) is 4.98 Å². The minimum atomic E-state index is 0.0177. The molecule has 4 nitrogen and oxygen atoms in total. The second-order valence-corrected chi connectivity index (χ2v) is 6.14. The molecule has 2 aromatic rings. The van der Waals surface area contributed by atoms with Gasteiger partial charge in [-0.1, -0.05) is 26.2 Å². The van der Waals surface area contributed by atoms with Crippen molar-refractivity contribution in [3.63, 3.8) is 0 Å². The highest BCUT2D eigenvalue weighted by Crippen LogP contribution is 2.30. The van der Waals surface area contributed by atoms with Crippen LogP contribution >= 0.6 is 0 Å². The molecule has 0 bridgehead atoms. The third-order valence-corrected chi connectivity index (χ3v) is 4.78. The summed E-state index contributed by atoms with van der Waals surface area (Å²) in [7, 11) is 0. The first-order chi connectivity index (χ1) is 10.3. The molecule has 1 heterocycles. The van der Waals surface area contributed by atoms with Gasteiger partial charge in [-0.05, 0) is 42.9 Å². The lowest BCUT2D eigenvalue weighted by atomic mass is 9.81. The van der Waals surface area contributed by atoms with Gasteiger partial charge in [0.1, 0.15) is 0 Å². The summed E-state index contributed by atoms with van der Waals surface area (Å²) < 4.78 is 0. The number of imidazole rings is 1. The van der Waals surface area contributed by atoms with Gasteiger partial charge in [0.15, 0.2) is 0 Å². The number of hydrogen-bond acceptors (Lipinski definition) is 2. The highest BCUT2D eigenvalue weighted by molar-refractivity contribution is 5.97. The van der Waals surface area contributed by atoms with Gasteiger partial charge < -0.3 is 10.3 Å². The average molecular weight is 285 g/mol. The third kappa shape index (κ3) is 3.26. The molecule has 1 amide bonds. The van der Waals surface area contributed by atoms with Gasteiger partial charge >= 0.3 is 0 Å². The van der Waals surface area contributed by atoms with Crippen molar-refractivity contribution in [2.45, 2.75) is 39.0 Å². The Hall–Kier alpha value is -1.84. The molecule has 112 valence electrons. The Balaban J connectivity index is 1.54. The lowest BCUT2D eigenvalue weighted by Crippen LogP contribution is -2.31. The Bertz CT molecular complexity index is 611. The molecule has 1 fully saturated rings. The van der Waals surface area contributed by atoms with E-state index in [0.717, 1.165) is 23.5 Å². The van der Waals surface area contributed by atoms with E-state index in [4.69, 9.17) is 0 Å². The summed E-state index contributed by atoms with van der Waals surface area (Å²) in [6, 6.07) is 5.59. The lowest BCUT2D eigenvalue weighted by Gasteiger charge is -2.27. The van der Waals surface area contributed by atoms with E-state index < -0.39 is 0 Å². The van der Waals surface area contributed by atoms with Crippen LogP contribution in [-0.2, 0) is 0 Å². The maximum absolute atomic E-state index is 12.2. The number of nitrogens with one attached hydrogen (secondary N) is 2. The minimum Gasteiger partial charge on any atom is -0.352 e. The number of nitrogens with zero attached hydrogens (tertiary/aromatic N) is 1. The fourth-order valence-corrected chi connectivity index (χ4v) is 3.26. The van der Waals surface area contributed by atoms with E-state index in [9.17, 15) is 4.79 Å². The first kappa shape index (κ1) is 14.1. The maximum atomic E-state index is 12.2. The number of benzene rings is 1. The van der Waals surface area contributed by atoms with Gasteiger partial charge in [0.2, 0.25) is 0 Å². The van der Waals surface area contributed by atoms with Gasteiger partial charge in [-0.2, -0.15) is 0 Å². The van der Waals surface area contributed by atoms with Crippen LogP contribution in [-0.4, -0.2) is 22.4 Å². The Morgan fingerprint density at radius 2 is 2.05 bits per heavy atom. The van der Waals surface area contributed by atoms with Crippen molar-refractivity contribution in [2.24, 2.45) is 11.8 Å². The summed E-state index contributed by atoms with van der Waals surface area (Å²) in [4.78, 5) is 19.4. The van der Waals surface area contributed by atoms with Crippen LogP contribution in [0.1, 0.15) is 49.4 Å². The Labute approximate surface area is 125 Å². The van der Waals surface area contributed by atoms with Crippen LogP contribution < -0.4 is 5.32 Å². The van der Waals surface area contributed by atoms with E-state index in [1.807, 2.05) is 18.2 Å². The van der Waals surface area contributed by atoms with E-state index in [-0.39, 0.29) is 5.91 Å². The van der Waals surface area contributed by atoms with Crippen molar-refractivity contribution < 1.29 is 4.79 Å². The number of hydrogen-bond donors (Lipinski definition) is 2. The van der Waals surface area contributed by atoms with Crippen molar-refractivity contribution in [3.05, 3.63) is 30.1 Å². The number of carbonyl (C=O) groups excluding carboxylic acids is 1. The minimum absolute atomic E-state index is 0.0177. The van der Waals surface area contributed by atoms with Crippen LogP contribution in [0.2, 0.25) is 0 Å². The summed E-state index contributed by atoms with van der Waals surface area (Å²) in [6.07, 6.45) is 8.08. The Morgan fingerprint density at radius 3 is 2.81 bits per heavy atom. The predicted octanol–water partition coefficient (Wildman–Crippen LogP) is 3.51. The molecule has 0 saturated heterocycles. The first-order valence-corrected chi connectivity index (χ1v) is 7.97. The summed E-state index contributed by atoms with van der Waals surface area (Å²) in [6.45, 7) is 3.08. The van der Waals surface area contributed by atoms with Crippen LogP contribution in [0.25, 0.3) is 11.0 Å². The van der Waals surface area contributed by atoms with Gasteiger partial charge in [-0.3, -0.25) is 4.79 Å². The van der Waals surface area contributed by atoms with E-state index in [1.54, 1.807) is 6.33 Å². The van der Waals surface area contributed by atoms with Crippen molar-refractivity contribution in [3.8, 4) is 0 Å². The molecule has 1 aromatic carbocycles. The second-order valence-electron chi connectivity index (χ2n) is 6.14. The van der Waals surface area contributed by atoms with E-state index in [2.05, 4.69) is 22.2 Å². The fraction of sp³-hybridized carbons (Fsp3) is 0.529. The number of H-pyrrole nitrogens is 1. The largest absolute Gasteiger partial charge is 0.352 e. The molecule has 1 aromatic heterocycles. The first-order valence-electron chi connectivity index (χ1n) is 7.97. The molecular weight excluding hydrogens is 262 g/mol. The molecule has 1 aliphatic rings. The molecule has 0 aliphatic heterocycles. The molecule has 0 spiro atoms. The van der Waals surface area contributed by atoms with Crippen LogP contribution in [0.3, 0.4) is 0 Å². The molecule has 0 atom stereocenters. The smallest absolute Gasteiger partial charge is 0.251 e. The van der Waals surface area contributed by atoms with Gasteiger partial charge in [-0.15, -0.1) is 0 Å². The van der Waals surface area contributed by atoms with E-state index >= 15 is 0 Å². The topological polar surface area (TPSA) is 57.8 Å². The number of aromatic nitrogens is 2. The molecule has 3 rings (SSSR count). The zero-order chi connectivity index (χ0) is 14.7. The Kier molecular flexibility index (Phi) is 4.23. The van der Waals surface area contributed by atoms with Crippen LogP contribution in [0.4, 0.5) is 0 Å². The molecular formula is C17H23N3O. The number of carbonyl (C=O) groups is 1. The van der Waals surface area contributed by atoms with Gasteiger partial charge in [0, 0.05) is 12.1 Å². The normalized spacial score (nSPS) is 22.3. The van der Waals surface area contributed by atoms with Crippen molar-refractivity contribution in [2.75, 3.05) is 6.54 Å². The number of rotatable bonds is 4. The SMILES string of the molecule is CCC1CCC(CNC(=O)c2ccc3nc[nH]c3c2)CC1. The second kappa shape index (κ2) is 6.29. The Morgan fingerprint density at radius 1 is 1.29 bits per heavy atom. The zero-order valence-corrected chi connectivity index (χ0v) is 12.6. The zero-order valence-electron chi connectivity index (χ0n) is 12.6. The molecule has 0 unspecified atom stereocenters. The van der Waals surface area contributed by atoms with Crippen molar-refractivity contribution in [1.82, 2.24) is 15.3 Å². The predicted molar refractivity (Wildman–Crippen MR) is 84.2 cm³/mol. The van der Waals surface area contributed by atoms with Gasteiger partial charge in [0.05, 0.1) is 17.4 Å². The van der Waals surface area contributed by atoms with Crippen LogP contribution in [0, 0.1) is 11.8 Å². The monoisotopic (exact) mass is 285 g/mol. The van der Waals surface area contributed by atoms with E-state index in [1.165, 1.54) is 32.1 Å². The van der Waals surface area contributed by atoms with Gasteiger partial charge in [0.25, 0.3) is 5.91 Å². The number of aromatic amines is 1. The van der Waals surface area contributed by atoms with Crippen LogP contribution in [0.5, 0.6) is 0 Å². The number of amides is 1.